The summed E-state index contributed by atoms with van der Waals surface area (Å²) in [6.07, 6.45) is 1.19. The number of hydrogen-bond acceptors (Lipinski definition) is 2. The van der Waals surface area contributed by atoms with Gasteiger partial charge in [0.05, 0.1) is 0 Å². The normalized spacial score (nSPS) is 33.9. The van der Waals surface area contributed by atoms with Gasteiger partial charge in [0, 0.05) is 12.8 Å². The van der Waals surface area contributed by atoms with Crippen LogP contribution in [0.4, 0.5) is 4.39 Å². The fourth-order valence-corrected chi connectivity index (χ4v) is 1.18. The third kappa shape index (κ3) is 1.40. The lowest BCUT2D eigenvalue weighted by Crippen LogP contribution is -2.32. The van der Waals surface area contributed by atoms with Gasteiger partial charge in [0.25, 0.3) is 0 Å². The zero-order valence-corrected chi connectivity index (χ0v) is 5.60. The second kappa shape index (κ2) is 2.48. The van der Waals surface area contributed by atoms with Gasteiger partial charge in [-0.2, -0.15) is 0 Å². The molecule has 2 nitrogen and oxygen atoms in total. The van der Waals surface area contributed by atoms with Crippen LogP contribution in [0.5, 0.6) is 0 Å². The molecule has 3 heteroatoms. The van der Waals surface area contributed by atoms with Crippen LogP contribution in [0.25, 0.3) is 0 Å². The minimum absolute atomic E-state index is 0.138. The molecule has 0 spiro atoms. The van der Waals surface area contributed by atoms with Crippen molar-refractivity contribution in [2.45, 2.75) is 31.4 Å². The molecule has 0 aromatic rings. The lowest BCUT2D eigenvalue weighted by Gasteiger charge is -2.21. The Morgan fingerprint density at radius 1 is 1.60 bits per heavy atom. The zero-order chi connectivity index (χ0) is 7.61. The van der Waals surface area contributed by atoms with Gasteiger partial charge in [-0.1, -0.05) is 0 Å². The number of hydrogen-bond donors (Lipinski definition) is 0. The van der Waals surface area contributed by atoms with Gasteiger partial charge in [-0.3, -0.25) is 9.59 Å². The molecule has 1 atom stereocenters. The summed E-state index contributed by atoms with van der Waals surface area (Å²) in [5.41, 5.74) is -1.84. The molecular formula is C7H9FO2. The van der Waals surface area contributed by atoms with E-state index in [1.165, 1.54) is 0 Å². The van der Waals surface area contributed by atoms with Gasteiger partial charge in [-0.15, -0.1) is 0 Å². The molecular weight excluding hydrogens is 135 g/mol. The number of ketones is 1. The minimum atomic E-state index is -1.84. The van der Waals surface area contributed by atoms with Crippen LogP contribution in [0, 0.1) is 0 Å². The fourth-order valence-electron chi connectivity index (χ4n) is 1.18. The maximum atomic E-state index is 13.0. The van der Waals surface area contributed by atoms with E-state index in [9.17, 15) is 14.0 Å². The largest absolute Gasteiger partial charge is 0.300 e. The van der Waals surface area contributed by atoms with Crippen molar-refractivity contribution in [3.8, 4) is 0 Å². The smallest absolute Gasteiger partial charge is 0.172 e. The Balaban J connectivity index is 2.61. The van der Waals surface area contributed by atoms with Crippen LogP contribution in [0.1, 0.15) is 25.7 Å². The molecule has 1 saturated carbocycles. The number of rotatable bonds is 1. The first-order valence-corrected chi connectivity index (χ1v) is 3.33. The highest BCUT2D eigenvalue weighted by Gasteiger charge is 2.35. The summed E-state index contributed by atoms with van der Waals surface area (Å²) >= 11 is 0. The van der Waals surface area contributed by atoms with Crippen LogP contribution in [0.15, 0.2) is 0 Å². The summed E-state index contributed by atoms with van der Waals surface area (Å²) < 4.78 is 13.0. The Labute approximate surface area is 58.4 Å². The number of carbonyl (C=O) groups is 2. The predicted molar refractivity (Wildman–Crippen MR) is 33.4 cm³/mol. The summed E-state index contributed by atoms with van der Waals surface area (Å²) in [6.45, 7) is 0. The maximum absolute atomic E-state index is 13.0. The van der Waals surface area contributed by atoms with Crippen LogP contribution < -0.4 is 0 Å². The van der Waals surface area contributed by atoms with Gasteiger partial charge in [0.15, 0.2) is 12.0 Å². The van der Waals surface area contributed by atoms with Crippen molar-refractivity contribution in [3.05, 3.63) is 0 Å². The third-order valence-electron chi connectivity index (χ3n) is 1.75. The van der Waals surface area contributed by atoms with Crippen molar-refractivity contribution >= 4 is 12.1 Å². The minimum Gasteiger partial charge on any atom is -0.300 e. The Morgan fingerprint density at radius 3 is 2.70 bits per heavy atom. The quantitative estimate of drug-likeness (QED) is 0.515. The van der Waals surface area contributed by atoms with Crippen molar-refractivity contribution in [2.75, 3.05) is 0 Å². The van der Waals surface area contributed by atoms with Gasteiger partial charge >= 0.3 is 0 Å². The number of Topliss-reactive ketones (excluding diaryl/α,β-unsaturated/α-hetero) is 1. The molecule has 10 heavy (non-hydrogen) atoms. The fraction of sp³-hybridized carbons (Fsp3) is 0.714. The molecule has 0 saturated heterocycles. The molecule has 1 rings (SSSR count). The molecule has 0 aromatic heterocycles. The first-order chi connectivity index (χ1) is 4.66. The van der Waals surface area contributed by atoms with E-state index in [0.29, 0.717) is 12.8 Å². The standard InChI is InChI=1S/C7H9FO2/c8-7(5-9)3-1-2-6(10)4-7/h5H,1-4H2. The number of alkyl halides is 1. The Morgan fingerprint density at radius 2 is 2.30 bits per heavy atom. The van der Waals surface area contributed by atoms with E-state index in [2.05, 4.69) is 0 Å². The lowest BCUT2D eigenvalue weighted by atomic mass is 9.87. The van der Waals surface area contributed by atoms with E-state index < -0.39 is 5.67 Å². The SMILES string of the molecule is O=CC1(F)CCCC(=O)C1. The molecule has 0 amide bonds. The van der Waals surface area contributed by atoms with Crippen LogP contribution in [-0.4, -0.2) is 17.7 Å². The van der Waals surface area contributed by atoms with Gasteiger partial charge < -0.3 is 0 Å². The van der Waals surface area contributed by atoms with Crippen LogP contribution in [0.2, 0.25) is 0 Å². The molecule has 0 heterocycles. The van der Waals surface area contributed by atoms with E-state index in [1.807, 2.05) is 0 Å². The monoisotopic (exact) mass is 144 g/mol. The van der Waals surface area contributed by atoms with Crippen molar-refractivity contribution < 1.29 is 14.0 Å². The average Bonchev–Trinajstić information content (AvgIpc) is 1.88. The molecule has 0 N–H and O–H groups in total. The van der Waals surface area contributed by atoms with Crippen molar-refractivity contribution in [2.24, 2.45) is 0 Å². The van der Waals surface area contributed by atoms with Gasteiger partial charge in [-0.05, 0) is 12.8 Å². The van der Waals surface area contributed by atoms with Crippen LogP contribution in [0.3, 0.4) is 0 Å². The van der Waals surface area contributed by atoms with Crippen LogP contribution >= 0.6 is 0 Å². The topological polar surface area (TPSA) is 34.1 Å². The molecule has 56 valence electrons. The van der Waals surface area contributed by atoms with E-state index in [0.717, 1.165) is 0 Å². The predicted octanol–water partition coefficient (Wildman–Crippen LogP) is 1.04. The molecule has 0 aromatic carbocycles. The van der Waals surface area contributed by atoms with Gasteiger partial charge in [-0.25, -0.2) is 4.39 Å². The molecule has 1 unspecified atom stereocenters. The summed E-state index contributed by atoms with van der Waals surface area (Å²) in [4.78, 5) is 20.7. The number of halogens is 1. The van der Waals surface area contributed by atoms with Crippen molar-refractivity contribution in [3.63, 3.8) is 0 Å². The summed E-state index contributed by atoms with van der Waals surface area (Å²) in [5.74, 6) is -0.138. The summed E-state index contributed by atoms with van der Waals surface area (Å²) in [7, 11) is 0. The van der Waals surface area contributed by atoms with E-state index in [4.69, 9.17) is 0 Å². The van der Waals surface area contributed by atoms with Gasteiger partial charge in [0.2, 0.25) is 0 Å². The molecule has 0 aliphatic heterocycles. The Hall–Kier alpha value is -0.730. The second-order valence-corrected chi connectivity index (χ2v) is 2.72. The first-order valence-electron chi connectivity index (χ1n) is 3.33. The highest BCUT2D eigenvalue weighted by Crippen LogP contribution is 2.27. The lowest BCUT2D eigenvalue weighted by molar-refractivity contribution is -0.131. The Kier molecular flexibility index (Phi) is 1.83. The van der Waals surface area contributed by atoms with E-state index in [-0.39, 0.29) is 24.9 Å². The van der Waals surface area contributed by atoms with Gasteiger partial charge in [0.1, 0.15) is 5.78 Å². The highest BCUT2D eigenvalue weighted by molar-refractivity contribution is 5.85. The van der Waals surface area contributed by atoms with E-state index >= 15 is 0 Å². The summed E-state index contributed by atoms with van der Waals surface area (Å²) in [6, 6.07) is 0. The first kappa shape index (κ1) is 7.38. The second-order valence-electron chi connectivity index (χ2n) is 2.72. The van der Waals surface area contributed by atoms with Crippen molar-refractivity contribution in [1.82, 2.24) is 0 Å². The molecule has 0 radical (unpaired) electrons. The van der Waals surface area contributed by atoms with E-state index in [1.54, 1.807) is 0 Å². The highest BCUT2D eigenvalue weighted by atomic mass is 19.1. The molecule has 1 aliphatic rings. The van der Waals surface area contributed by atoms with Crippen LogP contribution in [-0.2, 0) is 9.59 Å². The average molecular weight is 144 g/mol. The maximum Gasteiger partial charge on any atom is 0.172 e. The third-order valence-corrected chi connectivity index (χ3v) is 1.75. The molecule has 0 bridgehead atoms. The van der Waals surface area contributed by atoms with Crippen molar-refractivity contribution in [1.29, 1.82) is 0 Å². The number of carbonyl (C=O) groups excluding carboxylic acids is 2. The molecule has 1 aliphatic carbocycles. The summed E-state index contributed by atoms with van der Waals surface area (Å²) in [5, 5.41) is 0. The number of aldehydes is 1. The zero-order valence-electron chi connectivity index (χ0n) is 5.60. The molecule has 1 fully saturated rings. The Bertz CT molecular complexity index is 167.